The number of carbonyl (C=O) groups excluding carboxylic acids is 1. The Kier molecular flexibility index (Phi) is 4.90. The highest BCUT2D eigenvalue weighted by atomic mass is 32.1. The lowest BCUT2D eigenvalue weighted by atomic mass is 10.3. The van der Waals surface area contributed by atoms with Crippen molar-refractivity contribution in [3.05, 3.63) is 16.6 Å². The van der Waals surface area contributed by atoms with Gasteiger partial charge in [0.05, 0.1) is 24.4 Å². The van der Waals surface area contributed by atoms with Gasteiger partial charge in [0.1, 0.15) is 0 Å². The van der Waals surface area contributed by atoms with Crippen LogP contribution in [-0.2, 0) is 16.1 Å². The van der Waals surface area contributed by atoms with Gasteiger partial charge >= 0.3 is 0 Å². The zero-order valence-electron chi connectivity index (χ0n) is 9.72. The van der Waals surface area contributed by atoms with E-state index in [4.69, 9.17) is 4.74 Å². The molecule has 1 aromatic heterocycles. The fraction of sp³-hybridized carbons (Fsp3) is 0.636. The molecule has 1 N–H and O–H groups in total. The molecule has 0 aliphatic carbocycles. The number of rotatable bonds is 5. The molecular weight excluding hydrogens is 238 g/mol. The SMILES string of the molecule is O=C(CCNCc1cscn1)N1CCOCC1. The Morgan fingerprint density at radius 2 is 2.35 bits per heavy atom. The van der Waals surface area contributed by atoms with E-state index >= 15 is 0 Å². The molecule has 94 valence electrons. The molecule has 0 saturated carbocycles. The molecule has 1 aliphatic heterocycles. The Morgan fingerprint density at radius 1 is 1.53 bits per heavy atom. The van der Waals surface area contributed by atoms with Crippen molar-refractivity contribution in [1.82, 2.24) is 15.2 Å². The smallest absolute Gasteiger partial charge is 0.224 e. The molecule has 0 atom stereocenters. The van der Waals surface area contributed by atoms with E-state index in [9.17, 15) is 4.79 Å². The number of nitrogens with zero attached hydrogens (tertiary/aromatic N) is 2. The largest absolute Gasteiger partial charge is 0.378 e. The molecule has 0 unspecified atom stereocenters. The van der Waals surface area contributed by atoms with E-state index in [1.54, 1.807) is 11.3 Å². The highest BCUT2D eigenvalue weighted by molar-refractivity contribution is 7.07. The van der Waals surface area contributed by atoms with Gasteiger partial charge in [0.25, 0.3) is 0 Å². The number of carbonyl (C=O) groups is 1. The van der Waals surface area contributed by atoms with Gasteiger partial charge in [-0.1, -0.05) is 0 Å². The summed E-state index contributed by atoms with van der Waals surface area (Å²) in [6.45, 7) is 4.22. The first kappa shape index (κ1) is 12.5. The van der Waals surface area contributed by atoms with Gasteiger partial charge in [-0.05, 0) is 0 Å². The van der Waals surface area contributed by atoms with Crippen LogP contribution in [0.2, 0.25) is 0 Å². The second-order valence-corrected chi connectivity index (χ2v) is 4.62. The Morgan fingerprint density at radius 3 is 3.06 bits per heavy atom. The van der Waals surface area contributed by atoms with Gasteiger partial charge in [0, 0.05) is 38.0 Å². The van der Waals surface area contributed by atoms with Crippen LogP contribution < -0.4 is 5.32 Å². The Bertz CT molecular complexity index is 336. The Balaban J connectivity index is 1.59. The van der Waals surface area contributed by atoms with Crippen LogP contribution in [0.5, 0.6) is 0 Å². The van der Waals surface area contributed by atoms with Crippen LogP contribution in [0.3, 0.4) is 0 Å². The van der Waals surface area contributed by atoms with E-state index in [1.165, 1.54) is 0 Å². The molecule has 2 heterocycles. The molecule has 0 spiro atoms. The molecule has 1 aliphatic rings. The third-order valence-electron chi connectivity index (χ3n) is 2.67. The van der Waals surface area contributed by atoms with Crippen molar-refractivity contribution in [3.8, 4) is 0 Å². The minimum Gasteiger partial charge on any atom is -0.378 e. The van der Waals surface area contributed by atoms with Crippen LogP contribution in [0.15, 0.2) is 10.9 Å². The molecule has 0 aromatic carbocycles. The minimum absolute atomic E-state index is 0.207. The third-order valence-corrected chi connectivity index (χ3v) is 3.30. The monoisotopic (exact) mass is 255 g/mol. The van der Waals surface area contributed by atoms with Crippen molar-refractivity contribution in [1.29, 1.82) is 0 Å². The predicted octanol–water partition coefficient (Wildman–Crippen LogP) is 0.482. The minimum atomic E-state index is 0.207. The number of thiazole rings is 1. The van der Waals surface area contributed by atoms with Crippen molar-refractivity contribution in [3.63, 3.8) is 0 Å². The van der Waals surface area contributed by atoms with E-state index in [0.717, 1.165) is 25.3 Å². The normalized spacial score (nSPS) is 16.1. The first-order valence-corrected chi connectivity index (χ1v) is 6.74. The molecule has 5 nitrogen and oxygen atoms in total. The third kappa shape index (κ3) is 4.07. The molecule has 1 saturated heterocycles. The predicted molar refractivity (Wildman–Crippen MR) is 65.8 cm³/mol. The summed E-state index contributed by atoms with van der Waals surface area (Å²) in [6.07, 6.45) is 0.546. The second-order valence-electron chi connectivity index (χ2n) is 3.90. The molecule has 1 amide bonds. The summed E-state index contributed by atoms with van der Waals surface area (Å²) in [7, 11) is 0. The lowest BCUT2D eigenvalue weighted by Gasteiger charge is -2.26. The summed E-state index contributed by atoms with van der Waals surface area (Å²) in [6, 6.07) is 0. The maximum atomic E-state index is 11.8. The maximum absolute atomic E-state index is 11.8. The highest BCUT2D eigenvalue weighted by Gasteiger charge is 2.15. The van der Waals surface area contributed by atoms with Gasteiger partial charge in [-0.15, -0.1) is 11.3 Å². The van der Waals surface area contributed by atoms with Gasteiger partial charge in [0.2, 0.25) is 5.91 Å². The molecule has 6 heteroatoms. The van der Waals surface area contributed by atoms with Crippen LogP contribution in [0.4, 0.5) is 0 Å². The van der Waals surface area contributed by atoms with Crippen molar-refractivity contribution in [2.24, 2.45) is 0 Å². The second kappa shape index (κ2) is 6.68. The average Bonchev–Trinajstić information content (AvgIpc) is 2.88. The summed E-state index contributed by atoms with van der Waals surface area (Å²) < 4.78 is 5.21. The number of nitrogens with one attached hydrogen (secondary N) is 1. The van der Waals surface area contributed by atoms with Crippen molar-refractivity contribution < 1.29 is 9.53 Å². The fourth-order valence-corrected chi connectivity index (χ4v) is 2.27. The molecule has 2 rings (SSSR count). The van der Waals surface area contributed by atoms with E-state index in [-0.39, 0.29) is 5.91 Å². The Hall–Kier alpha value is -0.980. The van der Waals surface area contributed by atoms with Gasteiger partial charge in [0.15, 0.2) is 0 Å². The number of ether oxygens (including phenoxy) is 1. The first-order chi connectivity index (χ1) is 8.36. The van der Waals surface area contributed by atoms with Crippen LogP contribution in [0.1, 0.15) is 12.1 Å². The van der Waals surface area contributed by atoms with Crippen LogP contribution in [-0.4, -0.2) is 48.6 Å². The lowest BCUT2D eigenvalue weighted by molar-refractivity contribution is -0.135. The number of hydrogen-bond acceptors (Lipinski definition) is 5. The summed E-state index contributed by atoms with van der Waals surface area (Å²) in [5.74, 6) is 0.207. The average molecular weight is 255 g/mol. The van der Waals surface area contributed by atoms with Gasteiger partial charge in [-0.2, -0.15) is 0 Å². The number of morpholine rings is 1. The van der Waals surface area contributed by atoms with Crippen LogP contribution >= 0.6 is 11.3 Å². The standard InChI is InChI=1S/C11H17N3O2S/c15-11(14-3-5-16-6-4-14)1-2-12-7-10-8-17-9-13-10/h8-9,12H,1-7H2. The van der Waals surface area contributed by atoms with Gasteiger partial charge in [-0.3, -0.25) is 4.79 Å². The summed E-state index contributed by atoms with van der Waals surface area (Å²) in [4.78, 5) is 17.8. The van der Waals surface area contributed by atoms with Crippen molar-refractivity contribution in [2.45, 2.75) is 13.0 Å². The van der Waals surface area contributed by atoms with E-state index < -0.39 is 0 Å². The summed E-state index contributed by atoms with van der Waals surface area (Å²) in [5.41, 5.74) is 2.85. The van der Waals surface area contributed by atoms with Gasteiger partial charge in [-0.25, -0.2) is 4.98 Å². The van der Waals surface area contributed by atoms with Crippen LogP contribution in [0, 0.1) is 0 Å². The molecule has 0 bridgehead atoms. The van der Waals surface area contributed by atoms with E-state index in [2.05, 4.69) is 10.3 Å². The zero-order valence-corrected chi connectivity index (χ0v) is 10.5. The van der Waals surface area contributed by atoms with Gasteiger partial charge < -0.3 is 15.0 Å². The summed E-state index contributed by atoms with van der Waals surface area (Å²) >= 11 is 1.59. The topological polar surface area (TPSA) is 54.5 Å². The fourth-order valence-electron chi connectivity index (χ4n) is 1.71. The van der Waals surface area contributed by atoms with Crippen molar-refractivity contribution in [2.75, 3.05) is 32.8 Å². The molecule has 17 heavy (non-hydrogen) atoms. The zero-order chi connectivity index (χ0) is 11.9. The number of hydrogen-bond donors (Lipinski definition) is 1. The number of aromatic nitrogens is 1. The quantitative estimate of drug-likeness (QED) is 0.778. The van der Waals surface area contributed by atoms with Crippen LogP contribution in [0.25, 0.3) is 0 Å². The van der Waals surface area contributed by atoms with E-state index in [0.29, 0.717) is 26.2 Å². The van der Waals surface area contributed by atoms with E-state index in [1.807, 2.05) is 15.8 Å². The molecule has 1 fully saturated rings. The molecular formula is C11H17N3O2S. The van der Waals surface area contributed by atoms with Crippen molar-refractivity contribution >= 4 is 17.2 Å². The summed E-state index contributed by atoms with van der Waals surface area (Å²) in [5, 5.41) is 5.23. The number of amides is 1. The lowest BCUT2D eigenvalue weighted by Crippen LogP contribution is -2.41. The highest BCUT2D eigenvalue weighted by Crippen LogP contribution is 2.01. The maximum Gasteiger partial charge on any atom is 0.224 e. The molecule has 0 radical (unpaired) electrons. The Labute approximate surface area is 105 Å². The first-order valence-electron chi connectivity index (χ1n) is 5.79. The molecule has 1 aromatic rings.